The van der Waals surface area contributed by atoms with Gasteiger partial charge in [0, 0.05) is 52.3 Å². The Morgan fingerprint density at radius 3 is 2.61 bits per heavy atom. The van der Waals surface area contributed by atoms with E-state index in [0.29, 0.717) is 35.5 Å². The van der Waals surface area contributed by atoms with E-state index in [1.54, 1.807) is 30.9 Å². The first-order valence-electron chi connectivity index (χ1n) is 13.7. The summed E-state index contributed by atoms with van der Waals surface area (Å²) in [4.78, 5) is 39.7. The molecule has 1 N–H and O–H groups in total. The highest BCUT2D eigenvalue weighted by Gasteiger charge is 2.35. The van der Waals surface area contributed by atoms with E-state index in [2.05, 4.69) is 30.6 Å². The van der Waals surface area contributed by atoms with Gasteiger partial charge in [-0.1, -0.05) is 30.2 Å². The van der Waals surface area contributed by atoms with Crippen LogP contribution < -0.4 is 10.9 Å². The van der Waals surface area contributed by atoms with Crippen molar-refractivity contribution >= 4 is 23.2 Å². The predicted octanol–water partition coefficient (Wildman–Crippen LogP) is 5.97. The van der Waals surface area contributed by atoms with Gasteiger partial charge in [0.05, 0.1) is 41.8 Å². The number of carbonyl (C=O) groups is 1. The number of hydrogen-bond donors (Lipinski definition) is 1. The standard InChI is InChI=1S/C30H24ClF3N8O2/c1-17-3-2-4-25(19-9-18(12-36-13-19)21-7-8-35-14-24(21)38-29(17)44)41-16-37-23(11-28(41)43)22-10-20(31)5-6-26(22)42-15-27(39-40-42)30(32,33)34/h5-17,25H,2-4H2,1H3,(H,38,44)/t17-,25+/m1/s1. The van der Waals surface area contributed by atoms with Gasteiger partial charge in [0.25, 0.3) is 5.56 Å². The van der Waals surface area contributed by atoms with Crippen LogP contribution in [0.15, 0.2) is 78.5 Å². The van der Waals surface area contributed by atoms with Crippen LogP contribution in [0.1, 0.15) is 43.5 Å². The van der Waals surface area contributed by atoms with Crippen molar-refractivity contribution in [2.75, 3.05) is 5.32 Å². The van der Waals surface area contributed by atoms with Crippen molar-refractivity contribution in [2.24, 2.45) is 5.92 Å². The molecule has 0 spiro atoms. The summed E-state index contributed by atoms with van der Waals surface area (Å²) in [5.74, 6) is -0.413. The number of pyridine rings is 2. The highest BCUT2D eigenvalue weighted by molar-refractivity contribution is 6.31. The zero-order valence-electron chi connectivity index (χ0n) is 23.2. The molecular formula is C30H24ClF3N8O2. The first-order chi connectivity index (χ1) is 21.1. The molecule has 14 heteroatoms. The lowest BCUT2D eigenvalue weighted by Crippen LogP contribution is -2.26. The fraction of sp³-hybridized carbons (Fsp3) is 0.233. The van der Waals surface area contributed by atoms with Gasteiger partial charge < -0.3 is 5.32 Å². The molecule has 2 bridgehead atoms. The van der Waals surface area contributed by atoms with E-state index in [-0.39, 0.29) is 23.2 Å². The third-order valence-corrected chi connectivity index (χ3v) is 7.77. The molecule has 0 fully saturated rings. The smallest absolute Gasteiger partial charge is 0.324 e. The van der Waals surface area contributed by atoms with Crippen molar-refractivity contribution in [2.45, 2.75) is 38.4 Å². The first kappa shape index (κ1) is 29.2. The summed E-state index contributed by atoms with van der Waals surface area (Å²) in [6.07, 6.45) is 5.82. The van der Waals surface area contributed by atoms with Gasteiger partial charge >= 0.3 is 6.18 Å². The molecule has 5 aromatic rings. The van der Waals surface area contributed by atoms with Gasteiger partial charge in [0.1, 0.15) is 0 Å². The molecule has 2 atom stereocenters. The van der Waals surface area contributed by atoms with Crippen molar-refractivity contribution in [3.8, 4) is 28.1 Å². The van der Waals surface area contributed by atoms with E-state index in [1.165, 1.54) is 35.2 Å². The molecule has 1 aliphatic rings. The number of fused-ring (bicyclic) bond motifs is 4. The van der Waals surface area contributed by atoms with E-state index in [0.717, 1.165) is 27.6 Å². The number of carbonyl (C=O) groups excluding carboxylic acids is 1. The molecule has 0 saturated heterocycles. The van der Waals surface area contributed by atoms with Crippen LogP contribution in [0.3, 0.4) is 0 Å². The van der Waals surface area contributed by atoms with E-state index >= 15 is 0 Å². The van der Waals surface area contributed by atoms with Gasteiger partial charge in [-0.15, -0.1) is 5.10 Å². The Morgan fingerprint density at radius 2 is 1.84 bits per heavy atom. The fourth-order valence-electron chi connectivity index (χ4n) is 5.22. The van der Waals surface area contributed by atoms with Crippen molar-refractivity contribution in [3.63, 3.8) is 0 Å². The highest BCUT2D eigenvalue weighted by atomic mass is 35.5. The number of nitrogens with zero attached hydrogens (tertiary/aromatic N) is 7. The summed E-state index contributed by atoms with van der Waals surface area (Å²) in [6, 6.07) is 9.04. The molecule has 5 heterocycles. The lowest BCUT2D eigenvalue weighted by molar-refractivity contribution is -0.141. The van der Waals surface area contributed by atoms with Crippen LogP contribution in [0.4, 0.5) is 18.9 Å². The Balaban J connectivity index is 1.42. The van der Waals surface area contributed by atoms with Crippen LogP contribution in [0.2, 0.25) is 5.02 Å². The Kier molecular flexibility index (Phi) is 7.72. The van der Waals surface area contributed by atoms with Crippen molar-refractivity contribution in [1.29, 1.82) is 0 Å². The monoisotopic (exact) mass is 620 g/mol. The van der Waals surface area contributed by atoms with Gasteiger partial charge in [0.15, 0.2) is 5.69 Å². The number of aromatic nitrogens is 7. The summed E-state index contributed by atoms with van der Waals surface area (Å²) >= 11 is 6.23. The molecule has 0 saturated carbocycles. The number of rotatable bonds is 3. The summed E-state index contributed by atoms with van der Waals surface area (Å²) < 4.78 is 42.0. The molecule has 0 aliphatic carbocycles. The quantitative estimate of drug-likeness (QED) is 0.264. The topological polar surface area (TPSA) is 120 Å². The molecule has 0 radical (unpaired) electrons. The number of hydrogen-bond acceptors (Lipinski definition) is 7. The third-order valence-electron chi connectivity index (χ3n) is 7.53. The van der Waals surface area contributed by atoms with E-state index in [9.17, 15) is 22.8 Å². The Hall–Kier alpha value is -4.91. The maximum Gasteiger partial charge on any atom is 0.436 e. The van der Waals surface area contributed by atoms with Gasteiger partial charge in [-0.3, -0.25) is 24.1 Å². The molecule has 6 rings (SSSR count). The van der Waals surface area contributed by atoms with Gasteiger partial charge in [0.2, 0.25) is 5.91 Å². The maximum absolute atomic E-state index is 13.7. The zero-order chi connectivity index (χ0) is 31.0. The second-order valence-corrected chi connectivity index (χ2v) is 10.9. The van der Waals surface area contributed by atoms with Crippen LogP contribution in [0.5, 0.6) is 0 Å². The summed E-state index contributed by atoms with van der Waals surface area (Å²) in [6.45, 7) is 1.85. The molecule has 4 aromatic heterocycles. The number of alkyl halides is 3. The Bertz CT molecular complexity index is 1920. The van der Waals surface area contributed by atoms with E-state index in [4.69, 9.17) is 11.6 Å². The Morgan fingerprint density at radius 1 is 1.00 bits per heavy atom. The van der Waals surface area contributed by atoms with Crippen molar-refractivity contribution < 1.29 is 18.0 Å². The molecule has 1 aromatic carbocycles. The molecule has 224 valence electrons. The van der Waals surface area contributed by atoms with Crippen molar-refractivity contribution in [3.05, 3.63) is 100 Å². The number of amides is 1. The summed E-state index contributed by atoms with van der Waals surface area (Å²) in [7, 11) is 0. The SMILES string of the molecule is C[C@@H]1CCC[C@H](n2cnc(-c3cc(Cl)ccc3-n3cc(C(F)(F)F)nn3)cc2=O)c2cncc(c2)-c2ccncc2NC1=O. The molecule has 1 aliphatic heterocycles. The number of benzene rings is 1. The van der Waals surface area contributed by atoms with Crippen LogP contribution >= 0.6 is 11.6 Å². The number of nitrogens with one attached hydrogen (secondary N) is 1. The van der Waals surface area contributed by atoms with Gasteiger partial charge in [-0.25, -0.2) is 9.67 Å². The van der Waals surface area contributed by atoms with E-state index < -0.39 is 23.5 Å². The molecule has 10 nitrogen and oxygen atoms in total. The predicted molar refractivity (Wildman–Crippen MR) is 156 cm³/mol. The fourth-order valence-corrected chi connectivity index (χ4v) is 5.39. The second-order valence-electron chi connectivity index (χ2n) is 10.5. The van der Waals surface area contributed by atoms with E-state index in [1.807, 2.05) is 13.0 Å². The van der Waals surface area contributed by atoms with Crippen LogP contribution in [0, 0.1) is 5.92 Å². The van der Waals surface area contributed by atoms with Gasteiger partial charge in [-0.05, 0) is 48.7 Å². The summed E-state index contributed by atoms with van der Waals surface area (Å²) in [5, 5.41) is 10.1. The molecular weight excluding hydrogens is 597 g/mol. The summed E-state index contributed by atoms with van der Waals surface area (Å²) in [5.41, 5.74) is 1.97. The number of halogens is 4. The zero-order valence-corrected chi connectivity index (χ0v) is 23.9. The first-order valence-corrected chi connectivity index (χ1v) is 14.0. The minimum absolute atomic E-state index is 0.129. The molecule has 0 unspecified atom stereocenters. The maximum atomic E-state index is 13.7. The second kappa shape index (κ2) is 11.6. The molecule has 44 heavy (non-hydrogen) atoms. The largest absolute Gasteiger partial charge is 0.436 e. The van der Waals surface area contributed by atoms with Crippen molar-refractivity contribution in [1.82, 2.24) is 34.5 Å². The van der Waals surface area contributed by atoms with Crippen LogP contribution in [-0.2, 0) is 11.0 Å². The third kappa shape index (κ3) is 5.82. The normalized spacial score (nSPS) is 17.2. The highest BCUT2D eigenvalue weighted by Crippen LogP contribution is 2.34. The Labute approximate surface area is 253 Å². The van der Waals surface area contributed by atoms with Gasteiger partial charge in [-0.2, -0.15) is 13.2 Å². The van der Waals surface area contributed by atoms with Crippen LogP contribution in [0.25, 0.3) is 28.1 Å². The lowest BCUT2D eigenvalue weighted by atomic mass is 9.94. The lowest BCUT2D eigenvalue weighted by Gasteiger charge is -2.23. The average Bonchev–Trinajstić information content (AvgIpc) is 3.51. The van der Waals surface area contributed by atoms with Crippen LogP contribution in [-0.4, -0.2) is 40.4 Å². The minimum atomic E-state index is -4.68. The molecule has 1 amide bonds. The minimum Gasteiger partial charge on any atom is -0.324 e. The average molecular weight is 621 g/mol. The number of anilines is 1.